The quantitative estimate of drug-likeness (QED) is 0.350. The average molecular weight is 164 g/mol. The summed E-state index contributed by atoms with van der Waals surface area (Å²) in [5.74, 6) is 1.25. The third kappa shape index (κ3) is 22.8. The second-order valence-corrected chi connectivity index (χ2v) is 2.72. The molecule has 0 heterocycles. The SMILES string of the molecule is C=CCCCCN(C)C.[B]C#N. The molecule has 0 aromatic heterocycles. The molecule has 66 valence electrons. The maximum atomic E-state index is 7.10. The van der Waals surface area contributed by atoms with Crippen molar-refractivity contribution in [2.75, 3.05) is 20.6 Å². The normalized spacial score (nSPS) is 8.17. The zero-order chi connectivity index (χ0) is 9.82. The lowest BCUT2D eigenvalue weighted by atomic mass is 10.2. The molecule has 0 saturated carbocycles. The Morgan fingerprint density at radius 1 is 1.50 bits per heavy atom. The van der Waals surface area contributed by atoms with E-state index in [9.17, 15) is 0 Å². The fourth-order valence-electron chi connectivity index (χ4n) is 0.717. The van der Waals surface area contributed by atoms with Crippen LogP contribution in [-0.2, 0) is 0 Å². The fourth-order valence-corrected chi connectivity index (χ4v) is 0.717. The Morgan fingerprint density at radius 3 is 2.33 bits per heavy atom. The van der Waals surface area contributed by atoms with Gasteiger partial charge >= 0.3 is 0 Å². The molecule has 0 aliphatic heterocycles. The van der Waals surface area contributed by atoms with Crippen LogP contribution in [0.15, 0.2) is 12.7 Å². The van der Waals surface area contributed by atoms with Gasteiger partial charge in [-0.3, -0.25) is 0 Å². The van der Waals surface area contributed by atoms with Crippen LogP contribution in [0.25, 0.3) is 0 Å². The zero-order valence-electron chi connectivity index (χ0n) is 8.08. The molecule has 0 N–H and O–H groups in total. The predicted octanol–water partition coefficient (Wildman–Crippen LogP) is 1.54. The number of nitriles is 1. The van der Waals surface area contributed by atoms with E-state index in [1.807, 2.05) is 6.08 Å². The van der Waals surface area contributed by atoms with Gasteiger partial charge in [0, 0.05) is 0 Å². The van der Waals surface area contributed by atoms with E-state index < -0.39 is 0 Å². The van der Waals surface area contributed by atoms with Gasteiger partial charge in [0.25, 0.3) is 0 Å². The second-order valence-electron chi connectivity index (χ2n) is 2.72. The highest BCUT2D eigenvalue weighted by molar-refractivity contribution is 6.20. The molecule has 0 unspecified atom stereocenters. The van der Waals surface area contributed by atoms with Gasteiger partial charge in [-0.15, -0.1) is 6.58 Å². The predicted molar refractivity (Wildman–Crippen MR) is 54.0 cm³/mol. The van der Waals surface area contributed by atoms with Crippen LogP contribution in [0.5, 0.6) is 0 Å². The van der Waals surface area contributed by atoms with Crippen LogP contribution >= 0.6 is 0 Å². The van der Waals surface area contributed by atoms with Crippen molar-refractivity contribution in [3.8, 4) is 5.97 Å². The van der Waals surface area contributed by atoms with Crippen LogP contribution < -0.4 is 0 Å². The van der Waals surface area contributed by atoms with Crippen molar-refractivity contribution < 1.29 is 0 Å². The molecule has 0 aliphatic carbocycles. The highest BCUT2D eigenvalue weighted by Crippen LogP contribution is 1.95. The van der Waals surface area contributed by atoms with E-state index in [2.05, 4.69) is 33.4 Å². The van der Waals surface area contributed by atoms with E-state index in [0.717, 1.165) is 6.42 Å². The molecule has 12 heavy (non-hydrogen) atoms. The Labute approximate surface area is 77.3 Å². The summed E-state index contributed by atoms with van der Waals surface area (Å²) >= 11 is 0. The Kier molecular flexibility index (Phi) is 14.8. The molecule has 0 spiro atoms. The van der Waals surface area contributed by atoms with E-state index >= 15 is 0 Å². The number of allylic oxidation sites excluding steroid dienone is 1. The number of nitrogens with zero attached hydrogens (tertiary/aromatic N) is 2. The first-order chi connectivity index (χ1) is 5.68. The van der Waals surface area contributed by atoms with Crippen molar-refractivity contribution in [1.82, 2.24) is 4.90 Å². The van der Waals surface area contributed by atoms with Gasteiger partial charge in [-0.1, -0.05) is 6.08 Å². The number of hydrogen-bond acceptors (Lipinski definition) is 2. The lowest BCUT2D eigenvalue weighted by molar-refractivity contribution is 0.395. The van der Waals surface area contributed by atoms with Gasteiger partial charge in [0.05, 0.1) is 0 Å². The summed E-state index contributed by atoms with van der Waals surface area (Å²) in [7, 11) is 8.36. The van der Waals surface area contributed by atoms with Gasteiger partial charge in [-0.2, -0.15) is 0 Å². The summed E-state index contributed by atoms with van der Waals surface area (Å²) in [6, 6.07) is 0. The summed E-state index contributed by atoms with van der Waals surface area (Å²) in [5, 5.41) is 7.10. The molecule has 0 atom stereocenters. The topological polar surface area (TPSA) is 27.0 Å². The van der Waals surface area contributed by atoms with E-state index in [1.54, 1.807) is 0 Å². The largest absolute Gasteiger partial charge is 0.309 e. The molecule has 2 nitrogen and oxygen atoms in total. The lowest BCUT2D eigenvalue weighted by Crippen LogP contribution is -2.12. The molecule has 0 bridgehead atoms. The summed E-state index contributed by atoms with van der Waals surface area (Å²) < 4.78 is 0. The smallest absolute Gasteiger partial charge is 0.229 e. The molecular formula is C9H17BN2. The Bertz CT molecular complexity index is 127. The molecule has 0 rings (SSSR count). The first-order valence-corrected chi connectivity index (χ1v) is 4.04. The molecule has 2 radical (unpaired) electrons. The zero-order valence-corrected chi connectivity index (χ0v) is 8.08. The number of hydrogen-bond donors (Lipinski definition) is 0. The summed E-state index contributed by atoms with van der Waals surface area (Å²) in [4.78, 5) is 2.21. The van der Waals surface area contributed by atoms with Crippen LogP contribution in [0, 0.1) is 11.2 Å². The highest BCUT2D eigenvalue weighted by atomic mass is 15.0. The van der Waals surface area contributed by atoms with E-state index in [0.29, 0.717) is 0 Å². The first-order valence-electron chi connectivity index (χ1n) is 4.04. The molecule has 0 aromatic carbocycles. The summed E-state index contributed by atoms with van der Waals surface area (Å²) in [6.45, 7) is 4.87. The first kappa shape index (κ1) is 13.8. The molecular weight excluding hydrogens is 147 g/mol. The lowest BCUT2D eigenvalue weighted by Gasteiger charge is -2.07. The standard InChI is InChI=1S/C8H17N.CBN/c1-4-5-6-7-8-9(2)3;2-1-3/h4H,1,5-8H2,2-3H3;. The van der Waals surface area contributed by atoms with Crippen LogP contribution in [0.1, 0.15) is 19.3 Å². The highest BCUT2D eigenvalue weighted by Gasteiger charge is 1.87. The van der Waals surface area contributed by atoms with Gasteiger partial charge in [0.1, 0.15) is 0 Å². The van der Waals surface area contributed by atoms with Crippen molar-refractivity contribution in [3.63, 3.8) is 0 Å². The summed E-state index contributed by atoms with van der Waals surface area (Å²) in [6.07, 6.45) is 5.71. The van der Waals surface area contributed by atoms with Crippen molar-refractivity contribution >= 4 is 7.85 Å². The minimum atomic E-state index is 1.16. The van der Waals surface area contributed by atoms with E-state index in [-0.39, 0.29) is 0 Å². The second kappa shape index (κ2) is 12.9. The molecule has 0 fully saturated rings. The van der Waals surface area contributed by atoms with Gasteiger partial charge < -0.3 is 4.90 Å². The maximum absolute atomic E-state index is 7.10. The monoisotopic (exact) mass is 164 g/mol. The third-order valence-electron chi connectivity index (χ3n) is 1.26. The van der Waals surface area contributed by atoms with Gasteiger partial charge in [0.2, 0.25) is 7.85 Å². The van der Waals surface area contributed by atoms with Crippen LogP contribution in [-0.4, -0.2) is 33.4 Å². The Balaban J connectivity index is 0. The van der Waals surface area contributed by atoms with Gasteiger partial charge in [-0.05, 0) is 45.9 Å². The van der Waals surface area contributed by atoms with Crippen LogP contribution in [0.4, 0.5) is 0 Å². The fraction of sp³-hybridized carbons (Fsp3) is 0.667. The number of rotatable bonds is 5. The molecule has 3 heteroatoms. The van der Waals surface area contributed by atoms with Gasteiger partial charge in [0.15, 0.2) is 0 Å². The molecule has 0 saturated heterocycles. The third-order valence-corrected chi connectivity index (χ3v) is 1.26. The van der Waals surface area contributed by atoms with Crippen molar-refractivity contribution in [3.05, 3.63) is 12.7 Å². The minimum absolute atomic E-state index is 1.16. The van der Waals surface area contributed by atoms with Crippen molar-refractivity contribution in [2.45, 2.75) is 19.3 Å². The summed E-state index contributed by atoms with van der Waals surface area (Å²) in [5.41, 5.74) is 0. The van der Waals surface area contributed by atoms with E-state index in [4.69, 9.17) is 5.26 Å². The molecule has 0 aromatic rings. The average Bonchev–Trinajstić information content (AvgIpc) is 1.99. The minimum Gasteiger partial charge on any atom is -0.309 e. The van der Waals surface area contributed by atoms with Crippen LogP contribution in [0.3, 0.4) is 0 Å². The van der Waals surface area contributed by atoms with Crippen LogP contribution in [0.2, 0.25) is 0 Å². The van der Waals surface area contributed by atoms with Gasteiger partial charge in [-0.25, -0.2) is 5.26 Å². The molecule has 0 amide bonds. The number of unbranched alkanes of at least 4 members (excludes halogenated alkanes) is 2. The Morgan fingerprint density at radius 2 is 2.00 bits per heavy atom. The van der Waals surface area contributed by atoms with E-state index in [1.165, 1.54) is 25.4 Å². The van der Waals surface area contributed by atoms with Crippen molar-refractivity contribution in [2.24, 2.45) is 0 Å². The Hall–Kier alpha value is -0.745. The molecule has 0 aliphatic rings. The maximum Gasteiger partial charge on any atom is 0.229 e. The van der Waals surface area contributed by atoms with Crippen molar-refractivity contribution in [1.29, 1.82) is 5.26 Å².